The molecule has 0 saturated heterocycles. The van der Waals surface area contributed by atoms with Crippen molar-refractivity contribution >= 4 is 56.5 Å². The summed E-state index contributed by atoms with van der Waals surface area (Å²) in [7, 11) is 0. The van der Waals surface area contributed by atoms with Crippen LogP contribution in [0, 0.1) is 0 Å². The SMILES string of the molecule is ClC(CSCC(Cl)c1ccc2ccccc2c1)c1ccc2ccccc2c1. The van der Waals surface area contributed by atoms with Crippen LogP contribution < -0.4 is 0 Å². The van der Waals surface area contributed by atoms with Gasteiger partial charge in [-0.05, 0) is 44.8 Å². The topological polar surface area (TPSA) is 0 Å². The molecule has 4 rings (SSSR count). The van der Waals surface area contributed by atoms with Gasteiger partial charge in [0.1, 0.15) is 0 Å². The molecule has 0 nitrogen and oxygen atoms in total. The van der Waals surface area contributed by atoms with E-state index in [0.29, 0.717) is 0 Å². The molecular weight excluding hydrogens is 391 g/mol. The summed E-state index contributed by atoms with van der Waals surface area (Å²) >= 11 is 15.1. The van der Waals surface area contributed by atoms with Gasteiger partial charge in [0.15, 0.2) is 0 Å². The van der Waals surface area contributed by atoms with E-state index >= 15 is 0 Å². The fraction of sp³-hybridized carbons (Fsp3) is 0.167. The lowest BCUT2D eigenvalue weighted by Gasteiger charge is -2.14. The van der Waals surface area contributed by atoms with Gasteiger partial charge < -0.3 is 0 Å². The van der Waals surface area contributed by atoms with Crippen LogP contribution in [0.2, 0.25) is 0 Å². The summed E-state index contributed by atoms with van der Waals surface area (Å²) in [5.41, 5.74) is 2.33. The minimum absolute atomic E-state index is 0.0138. The highest BCUT2D eigenvalue weighted by Crippen LogP contribution is 2.32. The summed E-state index contributed by atoms with van der Waals surface area (Å²) in [4.78, 5) is 0. The van der Waals surface area contributed by atoms with Crippen LogP contribution in [0.3, 0.4) is 0 Å². The summed E-state index contributed by atoms with van der Waals surface area (Å²) in [6, 6.07) is 29.7. The minimum Gasteiger partial charge on any atom is -0.158 e. The maximum Gasteiger partial charge on any atom is 0.0675 e. The molecule has 0 aliphatic heterocycles. The Morgan fingerprint density at radius 3 is 1.41 bits per heavy atom. The number of hydrogen-bond donors (Lipinski definition) is 0. The lowest BCUT2D eigenvalue weighted by atomic mass is 10.1. The molecule has 0 amide bonds. The van der Waals surface area contributed by atoms with Crippen molar-refractivity contribution in [2.45, 2.75) is 10.8 Å². The minimum atomic E-state index is -0.0138. The molecule has 4 aromatic carbocycles. The van der Waals surface area contributed by atoms with Gasteiger partial charge in [-0.15, -0.1) is 23.2 Å². The zero-order valence-corrected chi connectivity index (χ0v) is 17.1. The zero-order chi connectivity index (χ0) is 18.6. The van der Waals surface area contributed by atoms with Gasteiger partial charge in [-0.2, -0.15) is 11.8 Å². The van der Waals surface area contributed by atoms with E-state index in [1.807, 2.05) is 0 Å². The molecule has 2 unspecified atom stereocenters. The Bertz CT molecular complexity index is 975. The lowest BCUT2D eigenvalue weighted by Crippen LogP contribution is -1.99. The van der Waals surface area contributed by atoms with Crippen LogP contribution in [-0.4, -0.2) is 11.5 Å². The number of halogens is 2. The molecule has 136 valence electrons. The van der Waals surface area contributed by atoms with Gasteiger partial charge in [0.25, 0.3) is 0 Å². The Hall–Kier alpha value is -1.67. The predicted octanol–water partition coefficient (Wildman–Crippen LogP) is 7.99. The molecule has 0 aromatic heterocycles. The quantitative estimate of drug-likeness (QED) is 0.290. The van der Waals surface area contributed by atoms with Gasteiger partial charge in [0.05, 0.1) is 10.8 Å². The third kappa shape index (κ3) is 4.43. The Labute approximate surface area is 174 Å². The molecule has 0 radical (unpaired) electrons. The largest absolute Gasteiger partial charge is 0.158 e. The van der Waals surface area contributed by atoms with Crippen molar-refractivity contribution < 1.29 is 0 Å². The first-order valence-electron chi connectivity index (χ1n) is 9.04. The van der Waals surface area contributed by atoms with E-state index in [1.54, 1.807) is 11.8 Å². The lowest BCUT2D eigenvalue weighted by molar-refractivity contribution is 1.07. The molecular formula is C24H20Cl2S. The predicted molar refractivity (Wildman–Crippen MR) is 122 cm³/mol. The molecule has 0 saturated carbocycles. The number of thioether (sulfide) groups is 1. The number of fused-ring (bicyclic) bond motifs is 2. The first kappa shape index (κ1) is 18.7. The van der Waals surface area contributed by atoms with Crippen LogP contribution in [0.5, 0.6) is 0 Å². The Morgan fingerprint density at radius 2 is 0.963 bits per heavy atom. The van der Waals surface area contributed by atoms with Crippen molar-refractivity contribution in [3.63, 3.8) is 0 Å². The molecule has 0 aliphatic rings. The molecule has 27 heavy (non-hydrogen) atoms. The monoisotopic (exact) mass is 410 g/mol. The van der Waals surface area contributed by atoms with E-state index in [-0.39, 0.29) is 10.8 Å². The number of benzene rings is 4. The van der Waals surface area contributed by atoms with Crippen LogP contribution in [0.25, 0.3) is 21.5 Å². The van der Waals surface area contributed by atoms with Crippen LogP contribution >= 0.6 is 35.0 Å². The first-order chi connectivity index (χ1) is 13.2. The Balaban J connectivity index is 1.37. The van der Waals surface area contributed by atoms with Gasteiger partial charge in [-0.1, -0.05) is 72.8 Å². The molecule has 4 aromatic rings. The van der Waals surface area contributed by atoms with E-state index < -0.39 is 0 Å². The van der Waals surface area contributed by atoms with Crippen LogP contribution in [0.4, 0.5) is 0 Å². The molecule has 0 heterocycles. The van der Waals surface area contributed by atoms with E-state index in [0.717, 1.165) is 11.5 Å². The molecule has 0 bridgehead atoms. The van der Waals surface area contributed by atoms with Gasteiger partial charge in [0, 0.05) is 11.5 Å². The molecule has 2 atom stereocenters. The van der Waals surface area contributed by atoms with Crippen molar-refractivity contribution in [2.24, 2.45) is 0 Å². The summed E-state index contributed by atoms with van der Waals surface area (Å²) < 4.78 is 0. The van der Waals surface area contributed by atoms with Crippen LogP contribution in [-0.2, 0) is 0 Å². The summed E-state index contributed by atoms with van der Waals surface area (Å²) in [5.74, 6) is 1.69. The molecule has 3 heteroatoms. The third-order valence-corrected chi connectivity index (χ3v) is 7.12. The normalized spacial score (nSPS) is 13.7. The van der Waals surface area contributed by atoms with Crippen molar-refractivity contribution in [1.29, 1.82) is 0 Å². The molecule has 0 aliphatic carbocycles. The smallest absolute Gasteiger partial charge is 0.0675 e. The highest BCUT2D eigenvalue weighted by Gasteiger charge is 2.13. The summed E-state index contributed by atoms with van der Waals surface area (Å²) in [6.45, 7) is 0. The average Bonchev–Trinajstić information content (AvgIpc) is 2.72. The molecule has 0 fully saturated rings. The highest BCUT2D eigenvalue weighted by atomic mass is 35.5. The number of hydrogen-bond acceptors (Lipinski definition) is 1. The Kier molecular flexibility index (Phi) is 5.92. The third-order valence-electron chi connectivity index (χ3n) is 4.80. The van der Waals surface area contributed by atoms with E-state index in [2.05, 4.69) is 84.9 Å². The second-order valence-corrected chi connectivity index (χ2v) is 8.81. The van der Waals surface area contributed by atoms with E-state index in [9.17, 15) is 0 Å². The van der Waals surface area contributed by atoms with E-state index in [4.69, 9.17) is 23.2 Å². The second-order valence-electron chi connectivity index (χ2n) is 6.69. The number of rotatable bonds is 6. The van der Waals surface area contributed by atoms with Gasteiger partial charge >= 0.3 is 0 Å². The second kappa shape index (κ2) is 8.56. The average molecular weight is 411 g/mol. The van der Waals surface area contributed by atoms with E-state index in [1.165, 1.54) is 32.7 Å². The van der Waals surface area contributed by atoms with Crippen molar-refractivity contribution in [2.75, 3.05) is 11.5 Å². The molecule has 0 spiro atoms. The van der Waals surface area contributed by atoms with Crippen molar-refractivity contribution in [3.8, 4) is 0 Å². The first-order valence-corrected chi connectivity index (χ1v) is 11.1. The fourth-order valence-corrected chi connectivity index (χ4v) is 5.01. The number of alkyl halides is 2. The van der Waals surface area contributed by atoms with Crippen LogP contribution in [0.15, 0.2) is 84.9 Å². The van der Waals surface area contributed by atoms with Crippen LogP contribution in [0.1, 0.15) is 21.9 Å². The summed E-state index contributed by atoms with van der Waals surface area (Å²) in [6.07, 6.45) is 0. The highest BCUT2D eigenvalue weighted by molar-refractivity contribution is 7.99. The van der Waals surface area contributed by atoms with Gasteiger partial charge in [-0.25, -0.2) is 0 Å². The van der Waals surface area contributed by atoms with Crippen molar-refractivity contribution in [1.82, 2.24) is 0 Å². The molecule has 0 N–H and O–H groups in total. The maximum absolute atomic E-state index is 6.65. The van der Waals surface area contributed by atoms with Gasteiger partial charge in [0.2, 0.25) is 0 Å². The standard InChI is InChI=1S/C24H20Cl2S/c25-23(21-11-9-17-5-1-3-7-19(17)13-21)15-27-16-24(26)22-12-10-18-6-2-4-8-20(18)14-22/h1-14,23-24H,15-16H2. The summed E-state index contributed by atoms with van der Waals surface area (Å²) in [5, 5.41) is 4.93. The van der Waals surface area contributed by atoms with Gasteiger partial charge in [-0.3, -0.25) is 0 Å². The van der Waals surface area contributed by atoms with Crippen molar-refractivity contribution in [3.05, 3.63) is 96.1 Å². The maximum atomic E-state index is 6.65. The Morgan fingerprint density at radius 1 is 0.556 bits per heavy atom. The zero-order valence-electron chi connectivity index (χ0n) is 14.8. The fourth-order valence-electron chi connectivity index (χ4n) is 3.27.